The summed E-state index contributed by atoms with van der Waals surface area (Å²) in [6.07, 6.45) is 3.49. The average Bonchev–Trinajstić information content (AvgIpc) is 2.97. The molecule has 1 aromatic carbocycles. The second kappa shape index (κ2) is 6.73. The van der Waals surface area contributed by atoms with E-state index in [9.17, 15) is 9.59 Å². The fourth-order valence-corrected chi connectivity index (χ4v) is 3.52. The molecule has 0 radical (unpaired) electrons. The van der Waals surface area contributed by atoms with Crippen LogP contribution in [-0.4, -0.2) is 36.3 Å². The van der Waals surface area contributed by atoms with Crippen LogP contribution in [0.25, 0.3) is 0 Å². The molecule has 0 aliphatic carbocycles. The number of hydrogen-bond donors (Lipinski definition) is 0. The maximum absolute atomic E-state index is 12.7. The summed E-state index contributed by atoms with van der Waals surface area (Å²) in [5.41, 5.74) is 2.17. The number of benzene rings is 1. The van der Waals surface area contributed by atoms with Gasteiger partial charge in [0.1, 0.15) is 0 Å². The molecule has 0 aromatic heterocycles. The van der Waals surface area contributed by atoms with Crippen LogP contribution in [-0.2, 0) is 16.0 Å². The summed E-state index contributed by atoms with van der Waals surface area (Å²) >= 11 is 0. The van der Waals surface area contributed by atoms with Crippen LogP contribution in [0.5, 0.6) is 0 Å². The number of aryl methyl sites for hydroxylation is 1. The molecule has 0 saturated carbocycles. The number of carbonyl (C=O) groups is 2. The molecule has 2 amide bonds. The lowest BCUT2D eigenvalue weighted by Gasteiger charge is -2.32. The van der Waals surface area contributed by atoms with E-state index in [4.69, 9.17) is 0 Å². The van der Waals surface area contributed by atoms with Gasteiger partial charge in [0.25, 0.3) is 0 Å². The van der Waals surface area contributed by atoms with Crippen LogP contribution in [0, 0.1) is 11.8 Å². The Balaban J connectivity index is 1.65. The van der Waals surface area contributed by atoms with Crippen LogP contribution in [0.15, 0.2) is 24.3 Å². The van der Waals surface area contributed by atoms with Gasteiger partial charge in [-0.2, -0.15) is 0 Å². The first-order valence-corrected chi connectivity index (χ1v) is 8.76. The molecule has 2 fully saturated rings. The van der Waals surface area contributed by atoms with Crippen molar-refractivity contribution in [1.29, 1.82) is 0 Å². The minimum absolute atomic E-state index is 0.0676. The number of nitrogens with zero attached hydrogens (tertiary/aromatic N) is 2. The van der Waals surface area contributed by atoms with Crippen molar-refractivity contribution in [3.05, 3.63) is 29.8 Å². The first kappa shape index (κ1) is 16.0. The Morgan fingerprint density at radius 2 is 1.83 bits per heavy atom. The quantitative estimate of drug-likeness (QED) is 0.861. The van der Waals surface area contributed by atoms with E-state index in [1.165, 1.54) is 5.56 Å². The van der Waals surface area contributed by atoms with E-state index in [0.29, 0.717) is 18.9 Å². The molecule has 23 heavy (non-hydrogen) atoms. The van der Waals surface area contributed by atoms with Gasteiger partial charge >= 0.3 is 0 Å². The number of rotatable bonds is 3. The van der Waals surface area contributed by atoms with Gasteiger partial charge in [-0.3, -0.25) is 9.59 Å². The van der Waals surface area contributed by atoms with E-state index >= 15 is 0 Å². The SMILES string of the molecule is CCc1ccc(N2C[C@@H](C(=O)N3CCC(C)CC3)CC2=O)cc1. The second-order valence-corrected chi connectivity index (χ2v) is 6.93. The lowest BCUT2D eigenvalue weighted by Crippen LogP contribution is -2.42. The molecule has 0 unspecified atom stereocenters. The van der Waals surface area contributed by atoms with Gasteiger partial charge in [-0.05, 0) is 42.9 Å². The van der Waals surface area contributed by atoms with E-state index in [1.807, 2.05) is 17.0 Å². The third-order valence-corrected chi connectivity index (χ3v) is 5.23. The summed E-state index contributed by atoms with van der Waals surface area (Å²) in [4.78, 5) is 28.7. The summed E-state index contributed by atoms with van der Waals surface area (Å²) in [6, 6.07) is 8.10. The number of carbonyl (C=O) groups excluding carboxylic acids is 2. The number of likely N-dealkylation sites (tertiary alicyclic amines) is 1. The molecule has 0 spiro atoms. The van der Waals surface area contributed by atoms with Gasteiger partial charge in [0, 0.05) is 31.7 Å². The standard InChI is InChI=1S/C19H26N2O2/c1-3-15-4-6-17(7-5-15)21-13-16(12-18(21)22)19(23)20-10-8-14(2)9-11-20/h4-7,14,16H,3,8-13H2,1-2H3/t16-/m0/s1. The van der Waals surface area contributed by atoms with Crippen molar-refractivity contribution >= 4 is 17.5 Å². The lowest BCUT2D eigenvalue weighted by atomic mass is 9.97. The molecule has 2 aliphatic rings. The molecule has 2 saturated heterocycles. The number of amides is 2. The molecular weight excluding hydrogens is 288 g/mol. The molecule has 124 valence electrons. The first-order chi connectivity index (χ1) is 11.1. The van der Waals surface area contributed by atoms with Crippen LogP contribution in [0.4, 0.5) is 5.69 Å². The molecule has 1 aromatic rings. The van der Waals surface area contributed by atoms with Gasteiger partial charge in [-0.15, -0.1) is 0 Å². The Morgan fingerprint density at radius 1 is 1.17 bits per heavy atom. The number of hydrogen-bond acceptors (Lipinski definition) is 2. The zero-order valence-electron chi connectivity index (χ0n) is 14.1. The van der Waals surface area contributed by atoms with Crippen molar-refractivity contribution in [3.8, 4) is 0 Å². The molecule has 4 heteroatoms. The Bertz CT molecular complexity index is 574. The van der Waals surface area contributed by atoms with Crippen molar-refractivity contribution < 1.29 is 9.59 Å². The molecule has 1 atom stereocenters. The van der Waals surface area contributed by atoms with Crippen molar-refractivity contribution in [2.75, 3.05) is 24.5 Å². The van der Waals surface area contributed by atoms with Crippen molar-refractivity contribution in [3.63, 3.8) is 0 Å². The highest BCUT2D eigenvalue weighted by Gasteiger charge is 2.37. The van der Waals surface area contributed by atoms with Crippen LogP contribution in [0.3, 0.4) is 0 Å². The summed E-state index contributed by atoms with van der Waals surface area (Å²) in [5, 5.41) is 0. The largest absolute Gasteiger partial charge is 0.342 e. The minimum atomic E-state index is -0.179. The third kappa shape index (κ3) is 3.41. The maximum atomic E-state index is 12.7. The predicted molar refractivity (Wildman–Crippen MR) is 91.3 cm³/mol. The van der Waals surface area contributed by atoms with Crippen molar-refractivity contribution in [2.45, 2.75) is 39.5 Å². The molecule has 0 bridgehead atoms. The fraction of sp³-hybridized carbons (Fsp3) is 0.579. The maximum Gasteiger partial charge on any atom is 0.228 e. The normalized spacial score (nSPS) is 22.7. The van der Waals surface area contributed by atoms with E-state index in [0.717, 1.165) is 38.0 Å². The molecule has 4 nitrogen and oxygen atoms in total. The highest BCUT2D eigenvalue weighted by atomic mass is 16.2. The zero-order chi connectivity index (χ0) is 16.4. The monoisotopic (exact) mass is 314 g/mol. The van der Waals surface area contributed by atoms with Crippen LogP contribution in [0.1, 0.15) is 38.7 Å². The summed E-state index contributed by atoms with van der Waals surface area (Å²) in [5.74, 6) is 0.760. The van der Waals surface area contributed by atoms with Crippen LogP contribution >= 0.6 is 0 Å². The molecule has 3 rings (SSSR count). The van der Waals surface area contributed by atoms with E-state index in [-0.39, 0.29) is 17.7 Å². The Hall–Kier alpha value is -1.84. The fourth-order valence-electron chi connectivity index (χ4n) is 3.52. The van der Waals surface area contributed by atoms with Gasteiger partial charge in [-0.1, -0.05) is 26.0 Å². The van der Waals surface area contributed by atoms with E-state index in [1.54, 1.807) is 4.90 Å². The average molecular weight is 314 g/mol. The van der Waals surface area contributed by atoms with Gasteiger partial charge in [0.2, 0.25) is 11.8 Å². The predicted octanol–water partition coefficient (Wildman–Crippen LogP) is 2.86. The Morgan fingerprint density at radius 3 is 2.43 bits per heavy atom. The molecular formula is C19H26N2O2. The number of piperidine rings is 1. The minimum Gasteiger partial charge on any atom is -0.342 e. The molecule has 2 aliphatic heterocycles. The summed E-state index contributed by atoms with van der Waals surface area (Å²) < 4.78 is 0. The highest BCUT2D eigenvalue weighted by molar-refractivity contribution is 6.00. The topological polar surface area (TPSA) is 40.6 Å². The van der Waals surface area contributed by atoms with E-state index in [2.05, 4.69) is 26.0 Å². The molecule has 2 heterocycles. The number of anilines is 1. The van der Waals surface area contributed by atoms with Crippen LogP contribution in [0.2, 0.25) is 0 Å². The van der Waals surface area contributed by atoms with Crippen molar-refractivity contribution in [1.82, 2.24) is 4.90 Å². The Kier molecular flexibility index (Phi) is 4.69. The third-order valence-electron chi connectivity index (χ3n) is 5.23. The smallest absolute Gasteiger partial charge is 0.228 e. The van der Waals surface area contributed by atoms with Gasteiger partial charge < -0.3 is 9.80 Å². The highest BCUT2D eigenvalue weighted by Crippen LogP contribution is 2.28. The second-order valence-electron chi connectivity index (χ2n) is 6.93. The summed E-state index contributed by atoms with van der Waals surface area (Å²) in [6.45, 7) is 6.56. The zero-order valence-corrected chi connectivity index (χ0v) is 14.1. The van der Waals surface area contributed by atoms with E-state index < -0.39 is 0 Å². The van der Waals surface area contributed by atoms with Crippen molar-refractivity contribution in [2.24, 2.45) is 11.8 Å². The summed E-state index contributed by atoms with van der Waals surface area (Å²) in [7, 11) is 0. The lowest BCUT2D eigenvalue weighted by molar-refractivity contribution is -0.137. The molecule has 0 N–H and O–H groups in total. The van der Waals surface area contributed by atoms with Gasteiger partial charge in [0.15, 0.2) is 0 Å². The first-order valence-electron chi connectivity index (χ1n) is 8.76. The Labute approximate surface area is 138 Å². The van der Waals surface area contributed by atoms with Gasteiger partial charge in [-0.25, -0.2) is 0 Å². The van der Waals surface area contributed by atoms with Gasteiger partial charge in [0.05, 0.1) is 5.92 Å². The van der Waals surface area contributed by atoms with Crippen LogP contribution < -0.4 is 4.90 Å².